The minimum atomic E-state index is -3.75. The lowest BCUT2D eigenvalue weighted by atomic mass is 10.00. The van der Waals surface area contributed by atoms with E-state index in [0.29, 0.717) is 24.0 Å². The molecule has 136 valence electrons. The van der Waals surface area contributed by atoms with Crippen LogP contribution in [0.15, 0.2) is 23.6 Å². The second-order valence-electron chi connectivity index (χ2n) is 6.46. The molecule has 2 aromatic heterocycles. The number of nitrogens with zero attached hydrogens (tertiary/aromatic N) is 5. The zero-order valence-corrected chi connectivity index (χ0v) is 15.6. The predicted octanol–water partition coefficient (Wildman–Crippen LogP) is 2.04. The average Bonchev–Trinajstić information content (AvgIpc) is 2.98. The topological polar surface area (TPSA) is 93.0 Å². The van der Waals surface area contributed by atoms with Crippen molar-refractivity contribution in [3.8, 4) is 0 Å². The monoisotopic (exact) mass is 364 g/mol. The van der Waals surface area contributed by atoms with E-state index in [4.69, 9.17) is 0 Å². The largest absolute Gasteiger partial charge is 0.341 e. The fourth-order valence-electron chi connectivity index (χ4n) is 2.88. The molecule has 1 aliphatic rings. The number of hydrogen-bond donors (Lipinski definition) is 1. The molecule has 0 bridgehead atoms. The number of anilines is 2. The SMILES string of the molecule is CCn1cc(S(=O)(=O)Nc2cnc(N3CCC(C)CC3)nc2)nc1C. The number of nitrogens with one attached hydrogen (secondary N) is 1. The maximum Gasteiger partial charge on any atom is 0.281 e. The van der Waals surface area contributed by atoms with Crippen molar-refractivity contribution in [1.82, 2.24) is 19.5 Å². The molecule has 25 heavy (non-hydrogen) atoms. The summed E-state index contributed by atoms with van der Waals surface area (Å²) in [7, 11) is -3.75. The van der Waals surface area contributed by atoms with Crippen LogP contribution < -0.4 is 9.62 Å². The second-order valence-corrected chi connectivity index (χ2v) is 8.09. The minimum Gasteiger partial charge on any atom is -0.341 e. The highest BCUT2D eigenvalue weighted by Gasteiger charge is 2.21. The van der Waals surface area contributed by atoms with E-state index in [1.807, 2.05) is 6.92 Å². The van der Waals surface area contributed by atoms with E-state index in [1.54, 1.807) is 11.5 Å². The first kappa shape index (κ1) is 17.7. The molecule has 0 atom stereocenters. The third-order valence-corrected chi connectivity index (χ3v) is 5.78. The Balaban J connectivity index is 1.72. The Morgan fingerprint density at radius 1 is 1.24 bits per heavy atom. The summed E-state index contributed by atoms with van der Waals surface area (Å²) >= 11 is 0. The van der Waals surface area contributed by atoms with Crippen LogP contribution >= 0.6 is 0 Å². The van der Waals surface area contributed by atoms with Gasteiger partial charge in [0.1, 0.15) is 5.82 Å². The maximum absolute atomic E-state index is 12.5. The Labute approximate surface area is 148 Å². The first-order valence-electron chi connectivity index (χ1n) is 8.52. The van der Waals surface area contributed by atoms with Gasteiger partial charge in [-0.05, 0) is 32.6 Å². The summed E-state index contributed by atoms with van der Waals surface area (Å²) in [5, 5.41) is 0.000875. The highest BCUT2D eigenvalue weighted by Crippen LogP contribution is 2.21. The molecule has 3 rings (SSSR count). The molecule has 0 aromatic carbocycles. The van der Waals surface area contributed by atoms with Crippen molar-refractivity contribution in [2.75, 3.05) is 22.7 Å². The molecule has 3 heterocycles. The fraction of sp³-hybridized carbons (Fsp3) is 0.562. The van der Waals surface area contributed by atoms with Gasteiger partial charge in [-0.3, -0.25) is 4.72 Å². The molecule has 1 fully saturated rings. The summed E-state index contributed by atoms with van der Waals surface area (Å²) in [5.41, 5.74) is 0.331. The summed E-state index contributed by atoms with van der Waals surface area (Å²) in [6.45, 7) is 8.49. The molecule has 1 aliphatic heterocycles. The summed E-state index contributed by atoms with van der Waals surface area (Å²) in [4.78, 5) is 14.9. The number of piperidine rings is 1. The second kappa shape index (κ2) is 6.99. The van der Waals surface area contributed by atoms with E-state index in [9.17, 15) is 8.42 Å². The van der Waals surface area contributed by atoms with Crippen molar-refractivity contribution < 1.29 is 8.42 Å². The summed E-state index contributed by atoms with van der Waals surface area (Å²) in [5.74, 6) is 2.03. The quantitative estimate of drug-likeness (QED) is 0.873. The molecule has 1 N–H and O–H groups in total. The first-order chi connectivity index (χ1) is 11.9. The molecule has 0 unspecified atom stereocenters. The number of hydrogen-bond acceptors (Lipinski definition) is 6. The van der Waals surface area contributed by atoms with Crippen molar-refractivity contribution >= 4 is 21.7 Å². The van der Waals surface area contributed by atoms with Gasteiger partial charge < -0.3 is 9.47 Å². The standard InChI is InChI=1S/C16H24N6O2S/c1-4-21-11-15(19-13(21)3)25(23,24)20-14-9-17-16(18-10-14)22-7-5-12(2)6-8-22/h9-12,20H,4-8H2,1-3H3. The van der Waals surface area contributed by atoms with Crippen LogP contribution in [-0.2, 0) is 16.6 Å². The van der Waals surface area contributed by atoms with Gasteiger partial charge in [0.15, 0.2) is 5.03 Å². The van der Waals surface area contributed by atoms with Crippen molar-refractivity contribution in [1.29, 1.82) is 0 Å². The van der Waals surface area contributed by atoms with Crippen LogP contribution in [0.1, 0.15) is 32.5 Å². The Morgan fingerprint density at radius 3 is 2.44 bits per heavy atom. The Bertz CT molecular complexity index is 823. The number of imidazole rings is 1. The van der Waals surface area contributed by atoms with Gasteiger partial charge in [-0.1, -0.05) is 6.92 Å². The lowest BCUT2D eigenvalue weighted by Crippen LogP contribution is -2.34. The molecule has 8 nitrogen and oxygen atoms in total. The Hall–Kier alpha value is -2.16. The third kappa shape index (κ3) is 3.92. The lowest BCUT2D eigenvalue weighted by Gasteiger charge is -2.30. The normalized spacial score (nSPS) is 16.2. The van der Waals surface area contributed by atoms with E-state index >= 15 is 0 Å². The van der Waals surface area contributed by atoms with Gasteiger partial charge in [0, 0.05) is 25.8 Å². The van der Waals surface area contributed by atoms with Crippen LogP contribution in [0.4, 0.5) is 11.6 Å². The van der Waals surface area contributed by atoms with Gasteiger partial charge in [0.05, 0.1) is 18.1 Å². The van der Waals surface area contributed by atoms with Crippen molar-refractivity contribution in [3.63, 3.8) is 0 Å². The Morgan fingerprint density at radius 2 is 1.88 bits per heavy atom. The van der Waals surface area contributed by atoms with E-state index in [-0.39, 0.29) is 5.03 Å². The third-order valence-electron chi connectivity index (χ3n) is 4.53. The van der Waals surface area contributed by atoms with E-state index in [2.05, 4.69) is 31.5 Å². The molecule has 9 heteroatoms. The highest BCUT2D eigenvalue weighted by atomic mass is 32.2. The smallest absolute Gasteiger partial charge is 0.281 e. The van der Waals surface area contributed by atoms with Gasteiger partial charge in [0.25, 0.3) is 10.0 Å². The van der Waals surface area contributed by atoms with Gasteiger partial charge in [-0.15, -0.1) is 0 Å². The highest BCUT2D eigenvalue weighted by molar-refractivity contribution is 7.92. The summed E-state index contributed by atoms with van der Waals surface area (Å²) in [6, 6.07) is 0. The van der Waals surface area contributed by atoms with Crippen LogP contribution in [0.25, 0.3) is 0 Å². The zero-order chi connectivity index (χ0) is 18.0. The van der Waals surface area contributed by atoms with Crippen LogP contribution in [0.5, 0.6) is 0 Å². The van der Waals surface area contributed by atoms with Gasteiger partial charge >= 0.3 is 0 Å². The molecule has 0 aliphatic carbocycles. The van der Waals surface area contributed by atoms with Crippen molar-refractivity contribution in [3.05, 3.63) is 24.4 Å². The molecule has 0 amide bonds. The molecule has 0 saturated carbocycles. The molecule has 0 spiro atoms. The summed E-state index contributed by atoms with van der Waals surface area (Å²) < 4.78 is 29.2. The molecule has 1 saturated heterocycles. The van der Waals surface area contributed by atoms with Crippen LogP contribution in [0.3, 0.4) is 0 Å². The fourth-order valence-corrected chi connectivity index (χ4v) is 3.92. The number of rotatable bonds is 5. The van der Waals surface area contributed by atoms with Gasteiger partial charge in [0.2, 0.25) is 5.95 Å². The zero-order valence-electron chi connectivity index (χ0n) is 14.8. The van der Waals surface area contributed by atoms with Crippen LogP contribution in [0, 0.1) is 12.8 Å². The summed E-state index contributed by atoms with van der Waals surface area (Å²) in [6.07, 6.45) is 6.78. The number of aromatic nitrogens is 4. The van der Waals surface area contributed by atoms with Crippen LogP contribution in [0.2, 0.25) is 0 Å². The molecule has 0 radical (unpaired) electrons. The van der Waals surface area contributed by atoms with Gasteiger partial charge in [-0.25, -0.2) is 15.0 Å². The van der Waals surface area contributed by atoms with Crippen molar-refractivity contribution in [2.24, 2.45) is 5.92 Å². The molecule has 2 aromatic rings. The van der Waals surface area contributed by atoms with E-state index in [0.717, 1.165) is 31.8 Å². The number of sulfonamides is 1. The molecular formula is C16H24N6O2S. The molecular weight excluding hydrogens is 340 g/mol. The van der Waals surface area contributed by atoms with Gasteiger partial charge in [-0.2, -0.15) is 8.42 Å². The Kier molecular flexibility index (Phi) is 4.94. The lowest BCUT2D eigenvalue weighted by molar-refractivity contribution is 0.434. The van der Waals surface area contributed by atoms with Crippen LogP contribution in [-0.4, -0.2) is 41.0 Å². The maximum atomic E-state index is 12.5. The van der Waals surface area contributed by atoms with E-state index in [1.165, 1.54) is 18.6 Å². The average molecular weight is 364 g/mol. The number of aryl methyl sites for hydroxylation is 2. The minimum absolute atomic E-state index is 0.000875. The first-order valence-corrected chi connectivity index (χ1v) is 10.0. The van der Waals surface area contributed by atoms with Crippen molar-refractivity contribution in [2.45, 2.75) is 45.2 Å². The van der Waals surface area contributed by atoms with E-state index < -0.39 is 10.0 Å². The predicted molar refractivity (Wildman–Crippen MR) is 96.1 cm³/mol.